The number of fused-ring (bicyclic) bond motifs is 1. The van der Waals surface area contributed by atoms with Crippen LogP contribution in [0.25, 0.3) is 11.4 Å². The second kappa shape index (κ2) is 3.84. The number of rotatable bonds is 2. The van der Waals surface area contributed by atoms with Crippen LogP contribution in [0.2, 0.25) is 0 Å². The Balaban J connectivity index is 2.77. The van der Waals surface area contributed by atoms with Crippen LogP contribution in [0, 0.1) is 20.8 Å². The van der Waals surface area contributed by atoms with Gasteiger partial charge in [-0.15, -0.1) is 0 Å². The summed E-state index contributed by atoms with van der Waals surface area (Å²) in [6.45, 7) is 0. The molecular weight excluding hydrogens is 236 g/mol. The van der Waals surface area contributed by atoms with Crippen molar-refractivity contribution in [2.24, 2.45) is 5.16 Å². The smallest absolute Gasteiger partial charge is 0.225 e. The van der Waals surface area contributed by atoms with Crippen LogP contribution in [-0.4, -0.2) is 12.0 Å². The molecule has 0 spiro atoms. The molecule has 0 bridgehead atoms. The lowest BCUT2D eigenvalue weighted by atomic mass is 10.2. The molecule has 0 unspecified atom stereocenters. The molecular formula is C7H5N4O6-3. The fourth-order valence-electron chi connectivity index (χ4n) is 1.32. The zero-order valence-corrected chi connectivity index (χ0v) is 8.39. The van der Waals surface area contributed by atoms with E-state index in [1.54, 1.807) is 0 Å². The van der Waals surface area contributed by atoms with E-state index >= 15 is 0 Å². The predicted molar refractivity (Wildman–Crippen MR) is 52.8 cm³/mol. The molecule has 92 valence electrons. The number of benzene rings is 1. The van der Waals surface area contributed by atoms with Crippen molar-refractivity contribution in [2.45, 2.75) is 0 Å². The summed E-state index contributed by atoms with van der Waals surface area (Å²) in [5, 5.41) is 46.1. The summed E-state index contributed by atoms with van der Waals surface area (Å²) in [6.07, 6.45) is 0. The van der Waals surface area contributed by atoms with Crippen LogP contribution in [0.1, 0.15) is 0 Å². The molecule has 2 aliphatic rings. The number of hydrogen-bond donors (Lipinski definition) is 0. The molecule has 0 saturated carbocycles. The first-order valence-corrected chi connectivity index (χ1v) is 4.24. The van der Waals surface area contributed by atoms with E-state index in [2.05, 4.69) is 14.6 Å². The van der Waals surface area contributed by atoms with Gasteiger partial charge in [0.1, 0.15) is 0 Å². The Morgan fingerprint density at radius 2 is 2.24 bits per heavy atom. The molecule has 0 aromatic heterocycles. The van der Waals surface area contributed by atoms with Crippen LogP contribution in [-0.2, 0) is 4.84 Å². The van der Waals surface area contributed by atoms with Crippen LogP contribution >= 0.6 is 0 Å². The quantitative estimate of drug-likeness (QED) is 0.506. The highest BCUT2D eigenvalue weighted by molar-refractivity contribution is 5.62. The van der Waals surface area contributed by atoms with Crippen molar-refractivity contribution in [2.75, 3.05) is 12.3 Å². The minimum atomic E-state index is -0.347. The SMILES string of the molecule is CON([O-])c1cc2[n+]([O-])on([O-])c-2cc1=N[O-]. The average Bonchev–Trinajstić information content (AvgIpc) is 2.62. The maximum atomic E-state index is 11.2. The van der Waals surface area contributed by atoms with E-state index in [0.29, 0.717) is 0 Å². The first-order chi connectivity index (χ1) is 8.08. The third kappa shape index (κ3) is 1.60. The molecule has 10 nitrogen and oxygen atoms in total. The minimum absolute atomic E-state index is 0.0156. The molecule has 0 aromatic rings. The fourth-order valence-corrected chi connectivity index (χ4v) is 1.32. The lowest BCUT2D eigenvalue weighted by Gasteiger charge is -2.27. The van der Waals surface area contributed by atoms with Gasteiger partial charge < -0.3 is 31.2 Å². The van der Waals surface area contributed by atoms with E-state index in [0.717, 1.165) is 19.2 Å². The standard InChI is InChI=1S/C7H6N4O6/c1-16-9(13)5-3-7-6(2-4(5)8-12)10(14)17-11(7)15/h2-3,12H,1H3/q-2/p-1. The lowest BCUT2D eigenvalue weighted by Crippen LogP contribution is -2.27. The van der Waals surface area contributed by atoms with E-state index in [9.17, 15) is 20.8 Å². The van der Waals surface area contributed by atoms with Crippen LogP contribution in [0.4, 0.5) is 5.69 Å². The molecule has 0 fully saturated rings. The number of nitrogens with zero attached hydrogens (tertiary/aromatic N) is 4. The van der Waals surface area contributed by atoms with Gasteiger partial charge in [0.2, 0.25) is 11.4 Å². The summed E-state index contributed by atoms with van der Waals surface area (Å²) in [5.74, 6) is 0. The van der Waals surface area contributed by atoms with E-state index in [1.807, 2.05) is 0 Å². The largest absolute Gasteiger partial charge is 0.791 e. The number of hydrogen-bond acceptors (Lipinski definition) is 8. The molecule has 1 aliphatic carbocycles. The Labute approximate surface area is 93.1 Å². The van der Waals surface area contributed by atoms with Crippen molar-refractivity contribution in [3.8, 4) is 11.4 Å². The van der Waals surface area contributed by atoms with Gasteiger partial charge in [-0.25, -0.2) is 0 Å². The second-order valence-electron chi connectivity index (χ2n) is 2.96. The minimum Gasteiger partial charge on any atom is -0.791 e. The van der Waals surface area contributed by atoms with Crippen molar-refractivity contribution in [1.82, 2.24) is 4.90 Å². The van der Waals surface area contributed by atoms with Gasteiger partial charge in [-0.2, -0.15) is 0 Å². The monoisotopic (exact) mass is 241 g/mol. The molecule has 0 atom stereocenters. The summed E-state index contributed by atoms with van der Waals surface area (Å²) in [5.41, 5.74) is -0.746. The van der Waals surface area contributed by atoms with E-state index in [4.69, 9.17) is 0 Å². The molecule has 2 rings (SSSR count). The molecule has 1 aliphatic heterocycles. The maximum absolute atomic E-state index is 11.2. The van der Waals surface area contributed by atoms with Crippen molar-refractivity contribution >= 4 is 5.69 Å². The van der Waals surface area contributed by atoms with Gasteiger partial charge >= 0.3 is 0 Å². The van der Waals surface area contributed by atoms with Crippen molar-refractivity contribution in [1.29, 1.82) is 0 Å². The summed E-state index contributed by atoms with van der Waals surface area (Å²) in [6, 6.07) is 1.92. The molecule has 0 saturated heterocycles. The van der Waals surface area contributed by atoms with Crippen molar-refractivity contribution < 1.29 is 14.4 Å². The zero-order chi connectivity index (χ0) is 12.6. The molecule has 17 heavy (non-hydrogen) atoms. The summed E-state index contributed by atoms with van der Waals surface area (Å²) < 4.78 is 4.15. The third-order valence-corrected chi connectivity index (χ3v) is 2.07. The Kier molecular flexibility index (Phi) is 2.49. The van der Waals surface area contributed by atoms with Gasteiger partial charge in [0.25, 0.3) is 0 Å². The Hall–Kier alpha value is -2.46. The zero-order valence-electron chi connectivity index (χ0n) is 8.39. The van der Waals surface area contributed by atoms with Crippen LogP contribution in [0.15, 0.2) is 21.9 Å². The van der Waals surface area contributed by atoms with Crippen molar-refractivity contribution in [3.63, 3.8) is 0 Å². The highest BCUT2D eigenvalue weighted by Gasteiger charge is 2.21. The lowest BCUT2D eigenvalue weighted by molar-refractivity contribution is -0.796. The molecule has 0 radical (unpaired) electrons. The highest BCUT2D eigenvalue weighted by atomic mass is 16.9. The molecule has 0 aromatic carbocycles. The molecule has 10 heteroatoms. The van der Waals surface area contributed by atoms with E-state index in [1.165, 1.54) is 0 Å². The number of aromatic nitrogens is 2. The van der Waals surface area contributed by atoms with Gasteiger partial charge in [-0.1, -0.05) is 0 Å². The maximum Gasteiger partial charge on any atom is 0.225 e. The normalized spacial score (nSPS) is 12.2. The van der Waals surface area contributed by atoms with E-state index < -0.39 is 0 Å². The van der Waals surface area contributed by atoms with Gasteiger partial charge in [0, 0.05) is 12.1 Å². The Morgan fingerprint density at radius 1 is 1.53 bits per heavy atom. The van der Waals surface area contributed by atoms with Crippen LogP contribution in [0.5, 0.6) is 0 Å². The van der Waals surface area contributed by atoms with Gasteiger partial charge in [0.05, 0.1) is 18.2 Å². The Morgan fingerprint density at radius 3 is 2.82 bits per heavy atom. The topological polar surface area (TPSA) is 139 Å². The fraction of sp³-hybridized carbons (Fsp3) is 0.143. The summed E-state index contributed by atoms with van der Waals surface area (Å²) in [7, 11) is 1.07. The molecule has 0 N–H and O–H groups in total. The molecule has 0 amide bonds. The average molecular weight is 241 g/mol. The van der Waals surface area contributed by atoms with E-state index in [-0.39, 0.29) is 37.5 Å². The third-order valence-electron chi connectivity index (χ3n) is 2.07. The summed E-state index contributed by atoms with van der Waals surface area (Å²) in [4.78, 5) is 4.14. The van der Waals surface area contributed by atoms with Gasteiger partial charge in [-0.05, 0) is 9.81 Å². The van der Waals surface area contributed by atoms with Gasteiger partial charge in [-0.3, -0.25) is 9.47 Å². The van der Waals surface area contributed by atoms with Crippen LogP contribution < -0.4 is 15.5 Å². The van der Waals surface area contributed by atoms with Crippen molar-refractivity contribution in [3.05, 3.63) is 38.3 Å². The Bertz CT molecular complexity index is 575. The van der Waals surface area contributed by atoms with Gasteiger partial charge in [0.15, 0.2) is 0 Å². The second-order valence-corrected chi connectivity index (χ2v) is 2.96. The van der Waals surface area contributed by atoms with Crippen LogP contribution in [0.3, 0.4) is 0 Å². The number of anilines is 1. The predicted octanol–water partition coefficient (Wildman–Crippen LogP) is -0.571. The highest BCUT2D eigenvalue weighted by Crippen LogP contribution is 2.20. The first-order valence-electron chi connectivity index (χ1n) is 4.24. The summed E-state index contributed by atoms with van der Waals surface area (Å²) >= 11 is 0. The molecule has 1 heterocycles. The first kappa shape index (κ1) is 11.0.